The maximum Gasteiger partial charge on any atom is 0.261 e. The number of rotatable bonds is 7. The third kappa shape index (κ3) is 5.37. The molecule has 0 radical (unpaired) electrons. The summed E-state index contributed by atoms with van der Waals surface area (Å²) in [5.41, 5.74) is 0.972. The molecular formula is C32H40O6Si. The fourth-order valence-corrected chi connectivity index (χ4v) is 10.8. The van der Waals surface area contributed by atoms with Gasteiger partial charge in [0.25, 0.3) is 8.32 Å². The first kappa shape index (κ1) is 28.2. The van der Waals surface area contributed by atoms with Crippen molar-refractivity contribution in [1.82, 2.24) is 0 Å². The van der Waals surface area contributed by atoms with Crippen LogP contribution in [0.15, 0.2) is 91.0 Å². The van der Waals surface area contributed by atoms with Gasteiger partial charge >= 0.3 is 0 Å². The Bertz CT molecular complexity index is 1170. The molecule has 1 heterocycles. The number of fused-ring (bicyclic) bond motifs is 1. The Kier molecular flexibility index (Phi) is 7.87. The average molecular weight is 549 g/mol. The second-order valence-electron chi connectivity index (χ2n) is 12.1. The van der Waals surface area contributed by atoms with Gasteiger partial charge in [0.2, 0.25) is 0 Å². The van der Waals surface area contributed by atoms with E-state index in [9.17, 15) is 10.2 Å². The molecule has 2 aliphatic rings. The Labute approximate surface area is 232 Å². The van der Waals surface area contributed by atoms with Gasteiger partial charge in [0.05, 0.1) is 6.61 Å². The monoisotopic (exact) mass is 548 g/mol. The molecule has 0 aromatic heterocycles. The van der Waals surface area contributed by atoms with E-state index in [1.54, 1.807) is 0 Å². The molecule has 6 atom stereocenters. The van der Waals surface area contributed by atoms with Crippen LogP contribution >= 0.6 is 0 Å². The summed E-state index contributed by atoms with van der Waals surface area (Å²) in [4.78, 5) is 0. The number of hydrogen-bond donors (Lipinski definition) is 2. The standard InChI is InChI=1S/C32H40O6Si/c1-31(2,3)39(23-17-11-7-12-18-23,24-19-13-8-14-20-24)38-28-26(34)25(33)27(29-30(28)37-32(4,5)36-29)35-21-22-15-9-6-10-16-22/h6-20,25-30,33-34H,21H2,1-5H3/t25-,26-,27+,28+,29-,30+/m0/s1. The van der Waals surface area contributed by atoms with Gasteiger partial charge in [0, 0.05) is 0 Å². The lowest BCUT2D eigenvalue weighted by molar-refractivity contribution is -0.206. The Morgan fingerprint density at radius 2 is 1.15 bits per heavy atom. The van der Waals surface area contributed by atoms with Crippen LogP contribution in [0.5, 0.6) is 0 Å². The maximum absolute atomic E-state index is 11.7. The van der Waals surface area contributed by atoms with Crippen molar-refractivity contribution in [2.45, 2.75) is 88.7 Å². The molecule has 39 heavy (non-hydrogen) atoms. The van der Waals surface area contributed by atoms with Crippen molar-refractivity contribution in [2.24, 2.45) is 0 Å². The summed E-state index contributed by atoms with van der Waals surface area (Å²) in [6, 6.07) is 30.3. The van der Waals surface area contributed by atoms with Crippen molar-refractivity contribution in [3.63, 3.8) is 0 Å². The highest BCUT2D eigenvalue weighted by atomic mass is 28.4. The first-order valence-electron chi connectivity index (χ1n) is 13.7. The number of ether oxygens (including phenoxy) is 3. The van der Waals surface area contributed by atoms with Gasteiger partial charge in [0.15, 0.2) is 5.79 Å². The summed E-state index contributed by atoms with van der Waals surface area (Å²) in [6.07, 6.45) is -5.35. The number of benzene rings is 3. The van der Waals surface area contributed by atoms with Crippen LogP contribution in [0.25, 0.3) is 0 Å². The summed E-state index contributed by atoms with van der Waals surface area (Å²) < 4.78 is 26.3. The molecule has 2 N–H and O–H groups in total. The minimum Gasteiger partial charge on any atom is -0.399 e. The van der Waals surface area contributed by atoms with E-state index in [1.807, 2.05) is 80.6 Å². The van der Waals surface area contributed by atoms with Gasteiger partial charge in [-0.05, 0) is 34.8 Å². The molecule has 208 valence electrons. The topological polar surface area (TPSA) is 77.4 Å². The van der Waals surface area contributed by atoms with E-state index in [-0.39, 0.29) is 11.6 Å². The molecule has 3 aromatic rings. The zero-order valence-corrected chi connectivity index (χ0v) is 24.4. The summed E-state index contributed by atoms with van der Waals surface area (Å²) in [7, 11) is -3.05. The summed E-state index contributed by atoms with van der Waals surface area (Å²) in [5.74, 6) is -0.930. The fourth-order valence-electron chi connectivity index (χ4n) is 6.09. The van der Waals surface area contributed by atoms with Crippen LogP contribution < -0.4 is 10.4 Å². The number of hydrogen-bond acceptors (Lipinski definition) is 6. The van der Waals surface area contributed by atoms with E-state index in [4.69, 9.17) is 18.6 Å². The molecule has 0 amide bonds. The van der Waals surface area contributed by atoms with Crippen LogP contribution in [0, 0.1) is 0 Å². The highest BCUT2D eigenvalue weighted by Gasteiger charge is 2.62. The number of aliphatic hydroxyl groups is 2. The van der Waals surface area contributed by atoms with E-state index < -0.39 is 50.7 Å². The molecule has 5 rings (SSSR count). The normalized spacial score (nSPS) is 28.7. The second kappa shape index (κ2) is 10.9. The zero-order chi connectivity index (χ0) is 27.8. The van der Waals surface area contributed by atoms with Crippen molar-refractivity contribution >= 4 is 18.7 Å². The summed E-state index contributed by atoms with van der Waals surface area (Å²) in [5, 5.41) is 25.0. The average Bonchev–Trinajstić information content (AvgIpc) is 3.24. The Morgan fingerprint density at radius 1 is 0.718 bits per heavy atom. The highest BCUT2D eigenvalue weighted by molar-refractivity contribution is 6.99. The smallest absolute Gasteiger partial charge is 0.261 e. The molecule has 7 heteroatoms. The first-order valence-corrected chi connectivity index (χ1v) is 15.6. The van der Waals surface area contributed by atoms with E-state index in [0.717, 1.165) is 15.9 Å². The van der Waals surface area contributed by atoms with Gasteiger partial charge in [-0.3, -0.25) is 0 Å². The van der Waals surface area contributed by atoms with E-state index >= 15 is 0 Å². The predicted octanol–water partition coefficient (Wildman–Crippen LogP) is 3.77. The molecule has 1 saturated heterocycles. The van der Waals surface area contributed by atoms with Gasteiger partial charge in [-0.15, -0.1) is 0 Å². The molecule has 3 aromatic carbocycles. The Morgan fingerprint density at radius 3 is 1.64 bits per heavy atom. The van der Waals surface area contributed by atoms with E-state index in [1.165, 1.54) is 0 Å². The predicted molar refractivity (Wildman–Crippen MR) is 153 cm³/mol. The van der Waals surface area contributed by atoms with Crippen molar-refractivity contribution in [3.05, 3.63) is 96.6 Å². The van der Waals surface area contributed by atoms with Crippen molar-refractivity contribution in [2.75, 3.05) is 0 Å². The van der Waals surface area contributed by atoms with Crippen LogP contribution in [-0.2, 0) is 25.2 Å². The number of aliphatic hydroxyl groups excluding tert-OH is 2. The summed E-state index contributed by atoms with van der Waals surface area (Å²) >= 11 is 0. The molecular weight excluding hydrogens is 508 g/mol. The molecule has 1 aliphatic carbocycles. The lowest BCUT2D eigenvalue weighted by atomic mass is 9.85. The quantitative estimate of drug-likeness (QED) is 0.438. The molecule has 2 fully saturated rings. The molecule has 0 spiro atoms. The fraction of sp³-hybridized carbons (Fsp3) is 0.438. The molecule has 1 aliphatic heterocycles. The van der Waals surface area contributed by atoms with Crippen LogP contribution in [0.4, 0.5) is 0 Å². The van der Waals surface area contributed by atoms with Gasteiger partial charge < -0.3 is 28.8 Å². The zero-order valence-electron chi connectivity index (χ0n) is 23.4. The van der Waals surface area contributed by atoms with Gasteiger partial charge in [-0.2, -0.15) is 0 Å². The van der Waals surface area contributed by atoms with E-state index in [2.05, 4.69) is 45.0 Å². The van der Waals surface area contributed by atoms with Gasteiger partial charge in [-0.1, -0.05) is 112 Å². The lowest BCUT2D eigenvalue weighted by Crippen LogP contribution is -2.73. The highest BCUT2D eigenvalue weighted by Crippen LogP contribution is 2.44. The van der Waals surface area contributed by atoms with Crippen molar-refractivity contribution < 1.29 is 28.8 Å². The second-order valence-corrected chi connectivity index (χ2v) is 16.3. The summed E-state index contributed by atoms with van der Waals surface area (Å²) in [6.45, 7) is 10.5. The molecule has 0 bridgehead atoms. The van der Waals surface area contributed by atoms with Crippen LogP contribution in [0.2, 0.25) is 5.04 Å². The van der Waals surface area contributed by atoms with Crippen LogP contribution in [0.3, 0.4) is 0 Å². The largest absolute Gasteiger partial charge is 0.399 e. The van der Waals surface area contributed by atoms with Crippen LogP contribution in [0.1, 0.15) is 40.2 Å². The molecule has 1 saturated carbocycles. The SMILES string of the molecule is CC1(C)O[C@@H]2[C@H](O1)[C@H](O[Si](c1ccccc1)(c1ccccc1)C(C)(C)C)[C@@H](O)[C@H](O)[C@H]2OCc1ccccc1. The first-order chi connectivity index (χ1) is 18.5. The third-order valence-corrected chi connectivity index (χ3v) is 12.9. The Balaban J connectivity index is 1.55. The third-order valence-electron chi connectivity index (χ3n) is 7.85. The Hall–Kier alpha value is -2.36. The lowest BCUT2D eigenvalue weighted by Gasteiger charge is -2.50. The maximum atomic E-state index is 11.7. The molecule has 0 unspecified atom stereocenters. The van der Waals surface area contributed by atoms with Gasteiger partial charge in [0.1, 0.15) is 36.6 Å². The minimum atomic E-state index is -3.05. The van der Waals surface area contributed by atoms with E-state index in [0.29, 0.717) is 0 Å². The van der Waals surface area contributed by atoms with Crippen molar-refractivity contribution in [3.8, 4) is 0 Å². The van der Waals surface area contributed by atoms with Gasteiger partial charge in [-0.25, -0.2) is 0 Å². The molecule has 6 nitrogen and oxygen atoms in total. The minimum absolute atomic E-state index is 0.280. The van der Waals surface area contributed by atoms with Crippen LogP contribution in [-0.4, -0.2) is 60.9 Å². The van der Waals surface area contributed by atoms with Crippen molar-refractivity contribution in [1.29, 1.82) is 0 Å².